The van der Waals surface area contributed by atoms with Crippen LogP contribution in [-0.4, -0.2) is 54.9 Å². The predicted octanol–water partition coefficient (Wildman–Crippen LogP) is 2.16. The Bertz CT molecular complexity index is 300. The fourth-order valence-electron chi connectivity index (χ4n) is 3.57. The fourth-order valence-corrected chi connectivity index (χ4v) is 3.57. The zero-order valence-corrected chi connectivity index (χ0v) is 12.1. The molecule has 0 atom stereocenters. The molecule has 1 aliphatic heterocycles. The Morgan fingerprint density at radius 3 is 2.11 bits per heavy atom. The summed E-state index contributed by atoms with van der Waals surface area (Å²) in [7, 11) is 0. The molecule has 0 aromatic rings. The van der Waals surface area contributed by atoms with Crippen LogP contribution in [-0.2, 0) is 4.79 Å². The van der Waals surface area contributed by atoms with Crippen molar-refractivity contribution >= 4 is 5.78 Å². The molecule has 19 heavy (non-hydrogen) atoms. The molecule has 1 saturated heterocycles. The van der Waals surface area contributed by atoms with Gasteiger partial charge >= 0.3 is 0 Å². The third kappa shape index (κ3) is 4.03. The normalized spacial score (nSPS) is 27.6. The van der Waals surface area contributed by atoms with Gasteiger partial charge in [0, 0.05) is 38.6 Å². The Morgan fingerprint density at radius 1 is 0.842 bits per heavy atom. The first-order valence-corrected chi connectivity index (χ1v) is 8.28. The summed E-state index contributed by atoms with van der Waals surface area (Å²) >= 11 is 0. The molecule has 2 aliphatic carbocycles. The average molecular weight is 264 g/mol. The van der Waals surface area contributed by atoms with Crippen molar-refractivity contribution in [2.45, 2.75) is 44.9 Å². The SMILES string of the molecule is O=C(CN1CCN(CC2CC2)CC1)C1CCCCC1. The van der Waals surface area contributed by atoms with Gasteiger partial charge in [-0.15, -0.1) is 0 Å². The van der Waals surface area contributed by atoms with Crippen molar-refractivity contribution in [2.24, 2.45) is 11.8 Å². The molecule has 0 spiro atoms. The quantitative estimate of drug-likeness (QED) is 0.760. The van der Waals surface area contributed by atoms with Crippen molar-refractivity contribution in [3.05, 3.63) is 0 Å². The highest BCUT2D eigenvalue weighted by molar-refractivity contribution is 5.83. The zero-order chi connectivity index (χ0) is 13.1. The standard InChI is InChI=1S/C16H28N2O/c19-16(15-4-2-1-3-5-15)13-18-10-8-17(9-11-18)12-14-6-7-14/h14-15H,1-13H2. The fraction of sp³-hybridized carbons (Fsp3) is 0.938. The molecule has 3 aliphatic rings. The van der Waals surface area contributed by atoms with Crippen LogP contribution in [0.3, 0.4) is 0 Å². The number of carbonyl (C=O) groups is 1. The monoisotopic (exact) mass is 264 g/mol. The minimum Gasteiger partial charge on any atom is -0.301 e. The highest BCUT2D eigenvalue weighted by atomic mass is 16.1. The number of piperazine rings is 1. The van der Waals surface area contributed by atoms with Gasteiger partial charge in [-0.25, -0.2) is 0 Å². The molecule has 0 unspecified atom stereocenters. The van der Waals surface area contributed by atoms with Gasteiger partial charge in [0.15, 0.2) is 0 Å². The summed E-state index contributed by atoms with van der Waals surface area (Å²) in [5.41, 5.74) is 0. The Hall–Kier alpha value is -0.410. The first kappa shape index (κ1) is 13.6. The number of ketones is 1. The van der Waals surface area contributed by atoms with Gasteiger partial charge in [-0.1, -0.05) is 19.3 Å². The molecular formula is C16H28N2O. The predicted molar refractivity (Wildman–Crippen MR) is 77.2 cm³/mol. The Labute approximate surface area is 117 Å². The van der Waals surface area contributed by atoms with Crippen LogP contribution in [0.5, 0.6) is 0 Å². The molecule has 0 aromatic carbocycles. The van der Waals surface area contributed by atoms with Crippen molar-refractivity contribution < 1.29 is 4.79 Å². The van der Waals surface area contributed by atoms with Gasteiger partial charge < -0.3 is 4.90 Å². The van der Waals surface area contributed by atoms with E-state index in [4.69, 9.17) is 0 Å². The smallest absolute Gasteiger partial charge is 0.149 e. The summed E-state index contributed by atoms with van der Waals surface area (Å²) in [6.45, 7) is 6.59. The van der Waals surface area contributed by atoms with E-state index in [9.17, 15) is 4.79 Å². The van der Waals surface area contributed by atoms with Crippen molar-refractivity contribution in [3.63, 3.8) is 0 Å². The molecule has 2 saturated carbocycles. The zero-order valence-electron chi connectivity index (χ0n) is 12.1. The van der Waals surface area contributed by atoms with Gasteiger partial charge in [0.05, 0.1) is 6.54 Å². The number of rotatable bonds is 5. The molecule has 1 heterocycles. The summed E-state index contributed by atoms with van der Waals surface area (Å²) in [5, 5.41) is 0. The van der Waals surface area contributed by atoms with Crippen LogP contribution in [0.2, 0.25) is 0 Å². The molecular weight excluding hydrogens is 236 g/mol. The van der Waals surface area contributed by atoms with E-state index in [0.717, 1.165) is 38.4 Å². The summed E-state index contributed by atoms with van der Waals surface area (Å²) in [6, 6.07) is 0. The van der Waals surface area contributed by atoms with Gasteiger partial charge in [-0.2, -0.15) is 0 Å². The van der Waals surface area contributed by atoms with E-state index in [1.165, 1.54) is 51.7 Å². The minimum absolute atomic E-state index is 0.387. The van der Waals surface area contributed by atoms with Crippen LogP contribution >= 0.6 is 0 Å². The maximum Gasteiger partial charge on any atom is 0.149 e. The summed E-state index contributed by atoms with van der Waals surface area (Å²) in [6.07, 6.45) is 9.07. The van der Waals surface area contributed by atoms with E-state index >= 15 is 0 Å². The second kappa shape index (κ2) is 6.36. The summed E-state index contributed by atoms with van der Waals surface area (Å²) in [5.74, 6) is 1.91. The number of hydrogen-bond acceptors (Lipinski definition) is 3. The van der Waals surface area contributed by atoms with Crippen molar-refractivity contribution in [1.29, 1.82) is 0 Å². The summed E-state index contributed by atoms with van der Waals surface area (Å²) < 4.78 is 0. The lowest BCUT2D eigenvalue weighted by molar-refractivity contribution is -0.125. The van der Waals surface area contributed by atoms with E-state index < -0.39 is 0 Å². The van der Waals surface area contributed by atoms with Gasteiger partial charge in [-0.3, -0.25) is 9.69 Å². The largest absolute Gasteiger partial charge is 0.301 e. The molecule has 0 radical (unpaired) electrons. The van der Waals surface area contributed by atoms with Gasteiger partial charge in [0.2, 0.25) is 0 Å². The second-order valence-electron chi connectivity index (χ2n) is 6.82. The highest BCUT2D eigenvalue weighted by Crippen LogP contribution is 2.30. The molecule has 0 amide bonds. The maximum absolute atomic E-state index is 12.3. The van der Waals surface area contributed by atoms with E-state index in [2.05, 4.69) is 9.80 Å². The second-order valence-corrected chi connectivity index (χ2v) is 6.82. The van der Waals surface area contributed by atoms with Crippen LogP contribution in [0.25, 0.3) is 0 Å². The topological polar surface area (TPSA) is 23.6 Å². The van der Waals surface area contributed by atoms with Gasteiger partial charge in [0.1, 0.15) is 5.78 Å². The average Bonchev–Trinajstić information content (AvgIpc) is 3.26. The lowest BCUT2D eigenvalue weighted by Crippen LogP contribution is -2.49. The van der Waals surface area contributed by atoms with Crippen molar-refractivity contribution in [3.8, 4) is 0 Å². The van der Waals surface area contributed by atoms with Crippen molar-refractivity contribution in [2.75, 3.05) is 39.3 Å². The third-order valence-electron chi connectivity index (χ3n) is 5.12. The van der Waals surface area contributed by atoms with Crippen LogP contribution in [0.1, 0.15) is 44.9 Å². The highest BCUT2D eigenvalue weighted by Gasteiger charge is 2.28. The molecule has 108 valence electrons. The van der Waals surface area contributed by atoms with Gasteiger partial charge in [-0.05, 0) is 31.6 Å². The number of hydrogen-bond donors (Lipinski definition) is 0. The molecule has 3 heteroatoms. The Morgan fingerprint density at radius 2 is 1.47 bits per heavy atom. The van der Waals surface area contributed by atoms with Crippen molar-refractivity contribution in [1.82, 2.24) is 9.80 Å². The van der Waals surface area contributed by atoms with Gasteiger partial charge in [0.25, 0.3) is 0 Å². The molecule has 0 bridgehead atoms. The lowest BCUT2D eigenvalue weighted by atomic mass is 9.86. The molecule has 0 aromatic heterocycles. The molecule has 3 fully saturated rings. The number of Topliss-reactive ketones (excluding diaryl/α,β-unsaturated/α-hetero) is 1. The summed E-state index contributed by atoms with van der Waals surface area (Å²) in [4.78, 5) is 17.3. The van der Waals surface area contributed by atoms with E-state index in [1.54, 1.807) is 0 Å². The van der Waals surface area contributed by atoms with E-state index in [0.29, 0.717) is 11.7 Å². The molecule has 0 N–H and O–H groups in total. The Kier molecular flexibility index (Phi) is 4.54. The van der Waals surface area contributed by atoms with E-state index in [1.807, 2.05) is 0 Å². The van der Waals surface area contributed by atoms with Crippen LogP contribution in [0, 0.1) is 11.8 Å². The van der Waals surface area contributed by atoms with Crippen LogP contribution < -0.4 is 0 Å². The lowest BCUT2D eigenvalue weighted by Gasteiger charge is -2.35. The molecule has 3 nitrogen and oxygen atoms in total. The number of carbonyl (C=O) groups excluding carboxylic acids is 1. The first-order chi connectivity index (χ1) is 9.31. The molecule has 3 rings (SSSR count). The van der Waals surface area contributed by atoms with Crippen LogP contribution in [0.15, 0.2) is 0 Å². The van der Waals surface area contributed by atoms with E-state index in [-0.39, 0.29) is 0 Å². The first-order valence-electron chi connectivity index (χ1n) is 8.28. The Balaban J connectivity index is 1.37. The minimum atomic E-state index is 0.387. The van der Waals surface area contributed by atoms with Crippen LogP contribution in [0.4, 0.5) is 0 Å². The third-order valence-corrected chi connectivity index (χ3v) is 5.12. The number of nitrogens with zero attached hydrogens (tertiary/aromatic N) is 2. The maximum atomic E-state index is 12.3.